The highest BCUT2D eigenvalue weighted by atomic mass is 35.5. The highest BCUT2D eigenvalue weighted by Gasteiger charge is 2.32. The molecule has 1 aromatic carbocycles. The molecular formula is C16H23ClN2O4S. The van der Waals surface area contributed by atoms with E-state index >= 15 is 0 Å². The second-order valence-corrected chi connectivity index (χ2v) is 8.35. The molecule has 8 heteroatoms. The Balaban J connectivity index is 2.07. The van der Waals surface area contributed by atoms with E-state index in [0.29, 0.717) is 37.5 Å². The van der Waals surface area contributed by atoms with Crippen LogP contribution in [-0.2, 0) is 14.8 Å². The molecule has 24 heavy (non-hydrogen) atoms. The monoisotopic (exact) mass is 374 g/mol. The summed E-state index contributed by atoms with van der Waals surface area (Å²) in [5, 5.41) is 9.40. The van der Waals surface area contributed by atoms with Gasteiger partial charge in [0.15, 0.2) is 0 Å². The van der Waals surface area contributed by atoms with E-state index in [4.69, 9.17) is 16.7 Å². The van der Waals surface area contributed by atoms with E-state index < -0.39 is 16.0 Å². The third-order valence-electron chi connectivity index (χ3n) is 4.47. The molecule has 0 spiro atoms. The van der Waals surface area contributed by atoms with Gasteiger partial charge in [0.1, 0.15) is 0 Å². The van der Waals surface area contributed by atoms with Crippen LogP contribution in [0.3, 0.4) is 0 Å². The van der Waals surface area contributed by atoms with Gasteiger partial charge in [-0.2, -0.15) is 4.31 Å². The van der Waals surface area contributed by atoms with Crippen LogP contribution in [0.1, 0.15) is 25.3 Å². The van der Waals surface area contributed by atoms with Gasteiger partial charge in [-0.3, -0.25) is 9.69 Å². The maximum atomic E-state index is 12.7. The number of piperidine rings is 1. The molecule has 1 saturated heterocycles. The minimum Gasteiger partial charge on any atom is -0.480 e. The fraction of sp³-hybridized carbons (Fsp3) is 0.562. The van der Waals surface area contributed by atoms with E-state index in [1.165, 1.54) is 10.4 Å². The van der Waals surface area contributed by atoms with Crippen molar-refractivity contribution < 1.29 is 18.3 Å². The lowest BCUT2D eigenvalue weighted by Gasteiger charge is -2.36. The average Bonchev–Trinajstić information content (AvgIpc) is 2.55. The smallest absolute Gasteiger partial charge is 0.317 e. The van der Waals surface area contributed by atoms with Crippen molar-refractivity contribution in [2.45, 2.75) is 37.6 Å². The summed E-state index contributed by atoms with van der Waals surface area (Å²) in [6.07, 6.45) is 1.25. The lowest BCUT2D eigenvalue weighted by Crippen LogP contribution is -2.48. The van der Waals surface area contributed by atoms with Gasteiger partial charge in [0.25, 0.3) is 0 Å². The SMILES string of the molecule is CCN(CC(=O)O)C1CCN(S(=O)(=O)c2ccc(C)c(Cl)c2)CC1. The third-order valence-corrected chi connectivity index (χ3v) is 6.77. The molecule has 1 fully saturated rings. The summed E-state index contributed by atoms with van der Waals surface area (Å²) >= 11 is 6.05. The zero-order chi connectivity index (χ0) is 17.9. The molecule has 0 radical (unpaired) electrons. The zero-order valence-electron chi connectivity index (χ0n) is 13.9. The largest absolute Gasteiger partial charge is 0.480 e. The second-order valence-electron chi connectivity index (χ2n) is 6.00. The standard InChI is InChI=1S/C16H23ClN2O4S/c1-3-18(11-16(20)21)13-6-8-19(9-7-13)24(22,23)14-5-4-12(2)15(17)10-14/h4-5,10,13H,3,6-9,11H2,1-2H3,(H,20,21). The molecule has 2 rings (SSSR count). The number of nitrogens with zero attached hydrogens (tertiary/aromatic N) is 2. The van der Waals surface area contributed by atoms with Crippen LogP contribution < -0.4 is 0 Å². The number of carboxylic acids is 1. The molecule has 1 aliphatic rings. The van der Waals surface area contributed by atoms with Gasteiger partial charge >= 0.3 is 5.97 Å². The predicted octanol–water partition coefficient (Wildman–Crippen LogP) is 2.21. The van der Waals surface area contributed by atoms with E-state index in [1.54, 1.807) is 12.1 Å². The summed E-state index contributed by atoms with van der Waals surface area (Å²) in [6, 6.07) is 4.86. The highest BCUT2D eigenvalue weighted by molar-refractivity contribution is 7.89. The Labute approximate surface area is 148 Å². The lowest BCUT2D eigenvalue weighted by atomic mass is 10.0. The first kappa shape index (κ1) is 19.2. The topological polar surface area (TPSA) is 77.9 Å². The van der Waals surface area contributed by atoms with Crippen molar-refractivity contribution in [1.29, 1.82) is 0 Å². The lowest BCUT2D eigenvalue weighted by molar-refractivity contribution is -0.139. The Bertz CT molecular complexity index is 700. The Hall–Kier alpha value is -1.15. The molecular weight excluding hydrogens is 352 g/mol. The number of carbonyl (C=O) groups is 1. The van der Waals surface area contributed by atoms with Crippen LogP contribution in [0.5, 0.6) is 0 Å². The Morgan fingerprint density at radius 2 is 2.00 bits per heavy atom. The summed E-state index contributed by atoms with van der Waals surface area (Å²) in [7, 11) is -3.57. The van der Waals surface area contributed by atoms with Crippen LogP contribution in [0.4, 0.5) is 0 Å². The molecule has 0 atom stereocenters. The summed E-state index contributed by atoms with van der Waals surface area (Å²) in [6.45, 7) is 5.13. The first-order valence-corrected chi connectivity index (χ1v) is 9.79. The van der Waals surface area contributed by atoms with Gasteiger partial charge in [0.2, 0.25) is 10.0 Å². The van der Waals surface area contributed by atoms with Crippen molar-refractivity contribution in [1.82, 2.24) is 9.21 Å². The number of rotatable bonds is 6. The first-order valence-electron chi connectivity index (χ1n) is 7.98. The summed E-state index contributed by atoms with van der Waals surface area (Å²) < 4.78 is 26.9. The van der Waals surface area contributed by atoms with E-state index in [0.717, 1.165) is 5.56 Å². The quantitative estimate of drug-likeness (QED) is 0.825. The van der Waals surface area contributed by atoms with Crippen LogP contribution in [0.15, 0.2) is 23.1 Å². The Morgan fingerprint density at radius 3 is 2.50 bits per heavy atom. The van der Waals surface area contributed by atoms with Gasteiger partial charge in [-0.1, -0.05) is 24.6 Å². The summed E-state index contributed by atoms with van der Waals surface area (Å²) in [4.78, 5) is 13.0. The molecule has 0 saturated carbocycles. The fourth-order valence-electron chi connectivity index (χ4n) is 3.00. The van der Waals surface area contributed by atoms with Gasteiger partial charge in [-0.15, -0.1) is 0 Å². The summed E-state index contributed by atoms with van der Waals surface area (Å²) in [5.74, 6) is -0.860. The van der Waals surface area contributed by atoms with Gasteiger partial charge in [0, 0.05) is 24.2 Å². The molecule has 134 valence electrons. The van der Waals surface area contributed by atoms with E-state index in [1.807, 2.05) is 18.7 Å². The molecule has 1 aliphatic heterocycles. The molecule has 1 aromatic rings. The minimum absolute atomic E-state index is 0.0124. The van der Waals surface area contributed by atoms with Gasteiger partial charge in [0.05, 0.1) is 11.4 Å². The van der Waals surface area contributed by atoms with Crippen molar-refractivity contribution in [3.8, 4) is 0 Å². The maximum Gasteiger partial charge on any atom is 0.317 e. The molecule has 1 N–H and O–H groups in total. The van der Waals surface area contributed by atoms with Gasteiger partial charge < -0.3 is 5.11 Å². The van der Waals surface area contributed by atoms with Crippen LogP contribution in [0, 0.1) is 6.92 Å². The molecule has 0 aromatic heterocycles. The number of halogens is 1. The second kappa shape index (κ2) is 7.82. The van der Waals surface area contributed by atoms with E-state index in [2.05, 4.69) is 0 Å². The van der Waals surface area contributed by atoms with Gasteiger partial charge in [-0.05, 0) is 44.0 Å². The van der Waals surface area contributed by atoms with Crippen molar-refractivity contribution in [3.05, 3.63) is 28.8 Å². The van der Waals surface area contributed by atoms with Crippen LogP contribution in [-0.4, -0.2) is 60.9 Å². The number of aliphatic carboxylic acids is 1. The molecule has 0 aliphatic carbocycles. The van der Waals surface area contributed by atoms with Gasteiger partial charge in [-0.25, -0.2) is 8.42 Å². The summed E-state index contributed by atoms with van der Waals surface area (Å²) in [5.41, 5.74) is 0.835. The number of hydrogen-bond donors (Lipinski definition) is 1. The maximum absolute atomic E-state index is 12.7. The van der Waals surface area contributed by atoms with Crippen LogP contribution in [0.25, 0.3) is 0 Å². The van der Waals surface area contributed by atoms with Crippen molar-refractivity contribution in [3.63, 3.8) is 0 Å². The Kier molecular flexibility index (Phi) is 6.25. The van der Waals surface area contributed by atoms with Crippen LogP contribution >= 0.6 is 11.6 Å². The van der Waals surface area contributed by atoms with E-state index in [9.17, 15) is 13.2 Å². The zero-order valence-corrected chi connectivity index (χ0v) is 15.5. The predicted molar refractivity (Wildman–Crippen MR) is 92.9 cm³/mol. The van der Waals surface area contributed by atoms with Crippen molar-refractivity contribution in [2.75, 3.05) is 26.2 Å². The average molecular weight is 375 g/mol. The first-order chi connectivity index (χ1) is 11.3. The Morgan fingerprint density at radius 1 is 1.38 bits per heavy atom. The molecule has 0 unspecified atom stereocenters. The van der Waals surface area contributed by atoms with Crippen LogP contribution in [0.2, 0.25) is 5.02 Å². The molecule has 1 heterocycles. The molecule has 0 bridgehead atoms. The number of benzene rings is 1. The highest BCUT2D eigenvalue weighted by Crippen LogP contribution is 2.26. The fourth-order valence-corrected chi connectivity index (χ4v) is 4.75. The number of aryl methyl sites for hydroxylation is 1. The number of likely N-dealkylation sites (N-methyl/N-ethyl adjacent to an activating group) is 1. The minimum atomic E-state index is -3.57. The van der Waals surface area contributed by atoms with Crippen molar-refractivity contribution in [2.24, 2.45) is 0 Å². The normalized spacial score (nSPS) is 17.3. The molecule has 0 amide bonds. The molecule has 6 nitrogen and oxygen atoms in total. The van der Waals surface area contributed by atoms with Crippen molar-refractivity contribution >= 4 is 27.6 Å². The number of hydrogen-bond acceptors (Lipinski definition) is 4. The van der Waals surface area contributed by atoms with E-state index in [-0.39, 0.29) is 17.5 Å². The third kappa shape index (κ3) is 4.27. The number of sulfonamides is 1. The number of carboxylic acid groups (broad SMARTS) is 1.